The van der Waals surface area contributed by atoms with Crippen molar-refractivity contribution >= 4 is 5.97 Å². The van der Waals surface area contributed by atoms with Crippen LogP contribution in [0.2, 0.25) is 0 Å². The largest absolute Gasteiger partial charge is 0.457 e. The Hall–Kier alpha value is -3.68. The highest BCUT2D eigenvalue weighted by molar-refractivity contribution is 5.94. The molecule has 0 radical (unpaired) electrons. The van der Waals surface area contributed by atoms with Crippen LogP contribution in [0.25, 0.3) is 5.95 Å². The van der Waals surface area contributed by atoms with Crippen molar-refractivity contribution in [3.63, 3.8) is 0 Å². The number of esters is 1. The number of nitriles is 1. The van der Waals surface area contributed by atoms with Crippen LogP contribution in [-0.2, 0) is 17.9 Å². The maximum atomic E-state index is 11.9. The van der Waals surface area contributed by atoms with Crippen LogP contribution < -0.4 is 5.32 Å². The highest BCUT2D eigenvalue weighted by Gasteiger charge is 2.30. The maximum absolute atomic E-state index is 11.9. The third kappa shape index (κ3) is 3.97. The first kappa shape index (κ1) is 21.2. The van der Waals surface area contributed by atoms with Gasteiger partial charge in [-0.25, -0.2) is 14.8 Å². The Morgan fingerprint density at radius 3 is 2.91 bits per heavy atom. The lowest BCUT2D eigenvalue weighted by atomic mass is 9.92. The van der Waals surface area contributed by atoms with Gasteiger partial charge < -0.3 is 10.1 Å². The van der Waals surface area contributed by atoms with E-state index in [0.29, 0.717) is 35.9 Å². The van der Waals surface area contributed by atoms with E-state index in [4.69, 9.17) is 10.00 Å². The summed E-state index contributed by atoms with van der Waals surface area (Å²) in [6, 6.07) is 6.40. The van der Waals surface area contributed by atoms with Gasteiger partial charge in [-0.15, -0.1) is 9.90 Å². The van der Waals surface area contributed by atoms with Gasteiger partial charge in [-0.1, -0.05) is 6.07 Å². The van der Waals surface area contributed by atoms with Crippen LogP contribution in [0.15, 0.2) is 24.5 Å². The van der Waals surface area contributed by atoms with Crippen LogP contribution in [0, 0.1) is 25.2 Å². The minimum Gasteiger partial charge on any atom is -0.457 e. The zero-order valence-electron chi connectivity index (χ0n) is 18.7. The number of fused-ring (bicyclic) bond motifs is 1. The number of hydrogen-bond donors (Lipinski definition) is 1. The van der Waals surface area contributed by atoms with Gasteiger partial charge in [-0.2, -0.15) is 10.4 Å². The number of rotatable bonds is 4. The van der Waals surface area contributed by atoms with Crippen molar-refractivity contribution in [1.82, 2.24) is 35.2 Å². The molecule has 0 aliphatic carbocycles. The lowest BCUT2D eigenvalue weighted by molar-refractivity contribution is 0.0535. The Morgan fingerprint density at radius 1 is 1.27 bits per heavy atom. The number of cyclic esters (lactones) is 1. The first-order valence-corrected chi connectivity index (χ1v) is 10.9. The molecule has 2 aromatic heterocycles. The lowest BCUT2D eigenvalue weighted by Gasteiger charge is -2.38. The molecule has 5 rings (SSSR count). The molecule has 10 heteroatoms. The monoisotopic (exact) mass is 444 g/mol. The second-order valence-corrected chi connectivity index (χ2v) is 8.60. The van der Waals surface area contributed by atoms with Gasteiger partial charge in [-0.05, 0) is 38.0 Å². The quantitative estimate of drug-likeness (QED) is 0.600. The van der Waals surface area contributed by atoms with E-state index in [1.165, 1.54) is 16.6 Å². The Morgan fingerprint density at radius 2 is 2.12 bits per heavy atom. The molecule has 0 saturated carbocycles. The summed E-state index contributed by atoms with van der Waals surface area (Å²) in [7, 11) is 0. The molecule has 10 nitrogen and oxygen atoms in total. The number of carbonyl (C=O) groups is 1. The van der Waals surface area contributed by atoms with Crippen molar-refractivity contribution in [2.75, 3.05) is 13.1 Å². The molecule has 0 unspecified atom stereocenters. The fraction of sp³-hybridized carbons (Fsp3) is 0.391. The summed E-state index contributed by atoms with van der Waals surface area (Å²) in [6.45, 7) is 8.66. The van der Waals surface area contributed by atoms with E-state index in [0.717, 1.165) is 29.9 Å². The van der Waals surface area contributed by atoms with E-state index < -0.39 is 0 Å². The third-order valence-electron chi connectivity index (χ3n) is 6.23. The number of aromatic nitrogens is 5. The molecular formula is C23H24N8O2. The number of benzene rings is 1. The molecule has 1 fully saturated rings. The second-order valence-electron chi connectivity index (χ2n) is 8.60. The molecule has 3 aromatic rings. The molecule has 1 N–H and O–H groups in total. The van der Waals surface area contributed by atoms with Crippen molar-refractivity contribution in [2.24, 2.45) is 0 Å². The second kappa shape index (κ2) is 8.35. The van der Waals surface area contributed by atoms with Crippen molar-refractivity contribution in [1.29, 1.82) is 5.26 Å². The molecule has 0 bridgehead atoms. The molecular weight excluding hydrogens is 420 g/mol. The fourth-order valence-electron chi connectivity index (χ4n) is 4.58. The molecule has 0 amide bonds. The summed E-state index contributed by atoms with van der Waals surface area (Å²) in [5.41, 5.74) is 5.82. The molecule has 168 valence electrons. The van der Waals surface area contributed by atoms with Crippen LogP contribution >= 0.6 is 0 Å². The average molecular weight is 444 g/mol. The van der Waals surface area contributed by atoms with Crippen LogP contribution in [0.3, 0.4) is 0 Å². The van der Waals surface area contributed by atoms with Crippen LogP contribution in [0.1, 0.15) is 57.0 Å². The number of carbonyl (C=O) groups excluding carboxylic acids is 1. The Balaban J connectivity index is 1.33. The predicted octanol–water partition coefficient (Wildman–Crippen LogP) is 1.75. The minimum absolute atomic E-state index is 0.134. The molecule has 2 aliphatic rings. The molecule has 2 atom stereocenters. The topological polar surface area (TPSA) is 122 Å². The molecule has 1 saturated heterocycles. The molecule has 33 heavy (non-hydrogen) atoms. The number of ether oxygens (including phenoxy) is 1. The van der Waals surface area contributed by atoms with Gasteiger partial charge >= 0.3 is 5.97 Å². The highest BCUT2D eigenvalue weighted by Crippen LogP contribution is 2.31. The molecule has 0 spiro atoms. The van der Waals surface area contributed by atoms with E-state index in [2.05, 4.69) is 50.3 Å². The zero-order valence-corrected chi connectivity index (χ0v) is 18.7. The summed E-state index contributed by atoms with van der Waals surface area (Å²) in [5.74, 6) is 0.102. The van der Waals surface area contributed by atoms with E-state index in [-0.39, 0.29) is 18.1 Å². The van der Waals surface area contributed by atoms with Gasteiger partial charge in [-0.3, -0.25) is 4.90 Å². The molecule has 1 aromatic carbocycles. The Bertz CT molecular complexity index is 1280. The van der Waals surface area contributed by atoms with Crippen molar-refractivity contribution in [2.45, 2.75) is 46.0 Å². The minimum atomic E-state index is -0.240. The van der Waals surface area contributed by atoms with Crippen LogP contribution in [0.4, 0.5) is 0 Å². The summed E-state index contributed by atoms with van der Waals surface area (Å²) in [5, 5.41) is 21.6. The maximum Gasteiger partial charge on any atom is 0.338 e. The van der Waals surface area contributed by atoms with E-state index in [9.17, 15) is 4.79 Å². The lowest BCUT2D eigenvalue weighted by Crippen LogP contribution is -2.50. The number of aryl methyl sites for hydroxylation is 1. The van der Waals surface area contributed by atoms with Gasteiger partial charge in [0.1, 0.15) is 12.7 Å². The van der Waals surface area contributed by atoms with Crippen molar-refractivity contribution in [3.8, 4) is 12.0 Å². The van der Waals surface area contributed by atoms with Crippen molar-refractivity contribution in [3.05, 3.63) is 63.7 Å². The Kier molecular flexibility index (Phi) is 5.36. The average Bonchev–Trinajstić information content (AvgIpc) is 3.41. The van der Waals surface area contributed by atoms with E-state index in [1.54, 1.807) is 13.1 Å². The smallest absolute Gasteiger partial charge is 0.338 e. The van der Waals surface area contributed by atoms with Crippen molar-refractivity contribution < 1.29 is 9.53 Å². The Labute approximate surface area is 191 Å². The summed E-state index contributed by atoms with van der Waals surface area (Å²) >= 11 is 0. The van der Waals surface area contributed by atoms with Crippen LogP contribution in [0.5, 0.6) is 0 Å². The van der Waals surface area contributed by atoms with E-state index in [1.807, 2.05) is 12.1 Å². The predicted molar refractivity (Wildman–Crippen MR) is 117 cm³/mol. The summed E-state index contributed by atoms with van der Waals surface area (Å²) < 4.78 is 5.21. The number of hydrogen-bond acceptors (Lipinski definition) is 9. The standard InChI is InChI=1S/C23H24N8O2/c1-13-9-30(10-17-8-26-31(29-17)23-25-7-16(6-24)15(3)28-23)11-21(27-13)18-4-5-19-20(14(18)2)12-33-22(19)32/h4-5,7-8,13,21,27H,9-12H2,1-3H3/t13-,21-/m0/s1. The summed E-state index contributed by atoms with van der Waals surface area (Å²) in [4.78, 5) is 24.2. The number of nitrogens with one attached hydrogen (secondary N) is 1. The third-order valence-corrected chi connectivity index (χ3v) is 6.23. The number of piperazine rings is 1. The first-order valence-electron chi connectivity index (χ1n) is 10.9. The normalized spacial score (nSPS) is 20.4. The van der Waals surface area contributed by atoms with Gasteiger partial charge in [0, 0.05) is 37.3 Å². The van der Waals surface area contributed by atoms with Gasteiger partial charge in [0.25, 0.3) is 5.95 Å². The van der Waals surface area contributed by atoms with Gasteiger partial charge in [0.2, 0.25) is 0 Å². The fourth-order valence-corrected chi connectivity index (χ4v) is 4.58. The highest BCUT2D eigenvalue weighted by atomic mass is 16.5. The zero-order chi connectivity index (χ0) is 23.1. The molecule has 4 heterocycles. The SMILES string of the molecule is Cc1nc(-n2ncc(CN3C[C@@H](c4ccc5c(c4C)COC5=O)N[C@@H](C)C3)n2)ncc1C#N. The van der Waals surface area contributed by atoms with Crippen LogP contribution in [-0.4, -0.2) is 55.0 Å². The van der Waals surface area contributed by atoms with Gasteiger partial charge in [0.15, 0.2) is 0 Å². The van der Waals surface area contributed by atoms with Gasteiger partial charge in [0.05, 0.1) is 34.9 Å². The summed E-state index contributed by atoms with van der Waals surface area (Å²) in [6.07, 6.45) is 3.21. The van der Waals surface area contributed by atoms with E-state index >= 15 is 0 Å². The first-order chi connectivity index (χ1) is 15.9. The molecule has 2 aliphatic heterocycles. The number of nitrogens with zero attached hydrogens (tertiary/aromatic N) is 7.